The van der Waals surface area contributed by atoms with Gasteiger partial charge in [0.25, 0.3) is 0 Å². The van der Waals surface area contributed by atoms with Gasteiger partial charge in [-0.1, -0.05) is 11.2 Å². The summed E-state index contributed by atoms with van der Waals surface area (Å²) in [5, 5.41) is 16.2. The van der Waals surface area contributed by atoms with Crippen molar-refractivity contribution in [2.75, 3.05) is 13.1 Å². The first-order valence-electron chi connectivity index (χ1n) is 5.76. The molecule has 0 aliphatic rings. The van der Waals surface area contributed by atoms with Crippen molar-refractivity contribution in [1.29, 1.82) is 0 Å². The third kappa shape index (κ3) is 3.80. The van der Waals surface area contributed by atoms with Crippen LogP contribution in [-0.4, -0.2) is 28.3 Å². The number of benzene rings is 1. The molecular formula is C12H13F2N3O2. The Morgan fingerprint density at radius 3 is 2.84 bits per heavy atom. The second-order valence-corrected chi connectivity index (χ2v) is 3.98. The summed E-state index contributed by atoms with van der Waals surface area (Å²) < 4.78 is 30.5. The molecule has 1 aromatic heterocycles. The molecule has 0 amide bonds. The maximum Gasteiger partial charge on any atom is 0.227 e. The van der Waals surface area contributed by atoms with Crippen LogP contribution in [0.1, 0.15) is 17.6 Å². The predicted octanol–water partition coefficient (Wildman–Crippen LogP) is 1.21. The van der Waals surface area contributed by atoms with Crippen molar-refractivity contribution in [1.82, 2.24) is 15.5 Å². The van der Waals surface area contributed by atoms with Crippen LogP contribution in [-0.2, 0) is 6.42 Å². The Labute approximate surface area is 108 Å². The minimum Gasteiger partial charge on any atom is -0.387 e. The second kappa shape index (κ2) is 6.35. The number of rotatable bonds is 6. The van der Waals surface area contributed by atoms with Crippen molar-refractivity contribution in [3.63, 3.8) is 0 Å². The molecule has 0 bridgehead atoms. The third-order valence-corrected chi connectivity index (χ3v) is 2.59. The summed E-state index contributed by atoms with van der Waals surface area (Å²) >= 11 is 0. The molecule has 7 heteroatoms. The highest BCUT2D eigenvalue weighted by Gasteiger charge is 2.10. The average molecular weight is 269 g/mol. The van der Waals surface area contributed by atoms with Gasteiger partial charge >= 0.3 is 0 Å². The molecule has 0 radical (unpaired) electrons. The van der Waals surface area contributed by atoms with E-state index >= 15 is 0 Å². The van der Waals surface area contributed by atoms with E-state index in [1.54, 1.807) is 0 Å². The van der Waals surface area contributed by atoms with Crippen LogP contribution in [0.5, 0.6) is 0 Å². The monoisotopic (exact) mass is 269 g/mol. The number of aliphatic hydroxyl groups excluding tert-OH is 1. The number of aromatic nitrogens is 2. The van der Waals surface area contributed by atoms with Crippen LogP contribution < -0.4 is 5.32 Å². The number of aliphatic hydroxyl groups is 1. The lowest BCUT2D eigenvalue weighted by Crippen LogP contribution is -2.24. The molecule has 1 unspecified atom stereocenters. The van der Waals surface area contributed by atoms with Crippen LogP contribution in [0, 0.1) is 11.6 Å². The molecule has 0 fully saturated rings. The topological polar surface area (TPSA) is 71.2 Å². The van der Waals surface area contributed by atoms with Crippen molar-refractivity contribution in [2.24, 2.45) is 0 Å². The Hall–Kier alpha value is -1.86. The summed E-state index contributed by atoms with van der Waals surface area (Å²) in [7, 11) is 0. The van der Waals surface area contributed by atoms with Gasteiger partial charge in [0, 0.05) is 19.5 Å². The molecule has 0 aliphatic carbocycles. The van der Waals surface area contributed by atoms with Crippen LogP contribution in [0.2, 0.25) is 0 Å². The minimum atomic E-state index is -0.970. The molecule has 1 aromatic carbocycles. The lowest BCUT2D eigenvalue weighted by Gasteiger charge is -2.11. The summed E-state index contributed by atoms with van der Waals surface area (Å²) in [6, 6.07) is 3.33. The maximum absolute atomic E-state index is 13.0. The Morgan fingerprint density at radius 1 is 1.32 bits per heavy atom. The van der Waals surface area contributed by atoms with E-state index < -0.39 is 17.7 Å². The lowest BCUT2D eigenvalue weighted by atomic mass is 10.1. The summed E-state index contributed by atoms with van der Waals surface area (Å²) in [4.78, 5) is 3.84. The molecule has 0 saturated carbocycles. The van der Waals surface area contributed by atoms with Gasteiger partial charge in [-0.05, 0) is 17.7 Å². The molecule has 1 heterocycles. The molecule has 0 aliphatic heterocycles. The first-order valence-corrected chi connectivity index (χ1v) is 5.76. The third-order valence-electron chi connectivity index (χ3n) is 2.59. The van der Waals surface area contributed by atoms with Crippen LogP contribution >= 0.6 is 0 Å². The molecule has 0 saturated heterocycles. The van der Waals surface area contributed by atoms with Gasteiger partial charge in [0.2, 0.25) is 5.89 Å². The van der Waals surface area contributed by atoms with E-state index in [1.807, 2.05) is 0 Å². The van der Waals surface area contributed by atoms with E-state index in [-0.39, 0.29) is 6.54 Å². The van der Waals surface area contributed by atoms with Crippen LogP contribution in [0.4, 0.5) is 8.78 Å². The SMILES string of the molecule is OC(CNCCc1ncno1)c1ccc(F)c(F)c1. The van der Waals surface area contributed by atoms with Gasteiger partial charge in [0.15, 0.2) is 18.0 Å². The lowest BCUT2D eigenvalue weighted by molar-refractivity contribution is 0.174. The van der Waals surface area contributed by atoms with Gasteiger partial charge in [-0.3, -0.25) is 0 Å². The highest BCUT2D eigenvalue weighted by atomic mass is 19.2. The fraction of sp³-hybridized carbons (Fsp3) is 0.333. The van der Waals surface area contributed by atoms with Crippen molar-refractivity contribution in [2.45, 2.75) is 12.5 Å². The van der Waals surface area contributed by atoms with Gasteiger partial charge in [0.1, 0.15) is 0 Å². The molecule has 2 N–H and O–H groups in total. The zero-order valence-corrected chi connectivity index (χ0v) is 10.0. The molecule has 0 spiro atoms. The number of halogens is 2. The van der Waals surface area contributed by atoms with E-state index in [9.17, 15) is 13.9 Å². The Balaban J connectivity index is 1.77. The molecular weight excluding hydrogens is 256 g/mol. The van der Waals surface area contributed by atoms with Gasteiger partial charge in [0.05, 0.1) is 6.10 Å². The fourth-order valence-corrected chi connectivity index (χ4v) is 1.58. The van der Waals surface area contributed by atoms with Crippen molar-refractivity contribution < 1.29 is 18.4 Å². The fourth-order valence-electron chi connectivity index (χ4n) is 1.58. The van der Waals surface area contributed by atoms with E-state index in [2.05, 4.69) is 15.5 Å². The summed E-state index contributed by atoms with van der Waals surface area (Å²) in [6.07, 6.45) is 0.938. The smallest absolute Gasteiger partial charge is 0.227 e. The minimum absolute atomic E-state index is 0.221. The van der Waals surface area contributed by atoms with Crippen LogP contribution in [0.3, 0.4) is 0 Å². The Kier molecular flexibility index (Phi) is 4.53. The van der Waals surface area contributed by atoms with Gasteiger partial charge in [-0.2, -0.15) is 4.98 Å². The van der Waals surface area contributed by atoms with E-state index in [0.717, 1.165) is 12.1 Å². The van der Waals surface area contributed by atoms with Gasteiger partial charge < -0.3 is 14.9 Å². The Bertz CT molecular complexity index is 520. The molecule has 1 atom stereocenters. The van der Waals surface area contributed by atoms with Gasteiger partial charge in [-0.15, -0.1) is 0 Å². The summed E-state index contributed by atoms with van der Waals surface area (Å²) in [5.41, 5.74) is 0.323. The van der Waals surface area contributed by atoms with E-state index in [4.69, 9.17) is 4.52 Å². The van der Waals surface area contributed by atoms with E-state index in [0.29, 0.717) is 24.4 Å². The number of hydrogen-bond donors (Lipinski definition) is 2. The number of nitrogens with zero attached hydrogens (tertiary/aromatic N) is 2. The quantitative estimate of drug-likeness (QED) is 0.771. The van der Waals surface area contributed by atoms with Crippen molar-refractivity contribution in [3.8, 4) is 0 Å². The molecule has 5 nitrogen and oxygen atoms in total. The molecule has 102 valence electrons. The Morgan fingerprint density at radius 2 is 2.16 bits per heavy atom. The average Bonchev–Trinajstić information content (AvgIpc) is 2.91. The highest BCUT2D eigenvalue weighted by Crippen LogP contribution is 2.15. The van der Waals surface area contributed by atoms with Crippen molar-refractivity contribution >= 4 is 0 Å². The molecule has 19 heavy (non-hydrogen) atoms. The zero-order valence-electron chi connectivity index (χ0n) is 10.0. The number of nitrogens with one attached hydrogen (secondary N) is 1. The standard InChI is InChI=1S/C12H13F2N3O2/c13-9-2-1-8(5-10(9)14)11(18)6-15-4-3-12-16-7-17-19-12/h1-2,5,7,11,15,18H,3-4,6H2. The normalized spacial score (nSPS) is 12.6. The number of hydrogen-bond acceptors (Lipinski definition) is 5. The summed E-state index contributed by atoms with van der Waals surface area (Å²) in [5.74, 6) is -1.41. The summed E-state index contributed by atoms with van der Waals surface area (Å²) in [6.45, 7) is 0.752. The highest BCUT2D eigenvalue weighted by molar-refractivity contribution is 5.20. The van der Waals surface area contributed by atoms with Gasteiger partial charge in [-0.25, -0.2) is 8.78 Å². The van der Waals surface area contributed by atoms with Crippen LogP contribution in [0.15, 0.2) is 29.0 Å². The largest absolute Gasteiger partial charge is 0.387 e. The maximum atomic E-state index is 13.0. The zero-order chi connectivity index (χ0) is 13.7. The second-order valence-electron chi connectivity index (χ2n) is 3.98. The predicted molar refractivity (Wildman–Crippen MR) is 62.2 cm³/mol. The van der Waals surface area contributed by atoms with Crippen molar-refractivity contribution in [3.05, 3.63) is 47.6 Å². The molecule has 2 aromatic rings. The van der Waals surface area contributed by atoms with E-state index in [1.165, 1.54) is 12.4 Å². The first-order chi connectivity index (χ1) is 9.16. The molecule has 2 rings (SSSR count). The van der Waals surface area contributed by atoms with Crippen LogP contribution in [0.25, 0.3) is 0 Å². The first kappa shape index (κ1) is 13.6.